The molecule has 3 unspecified atom stereocenters. The van der Waals surface area contributed by atoms with Crippen LogP contribution in [-0.2, 0) is 6.18 Å². The Balaban J connectivity index is 1.38. The normalized spacial score (nSPS) is 23.0. The molecule has 33 heavy (non-hydrogen) atoms. The number of nitrogens with zero attached hydrogens (tertiary/aromatic N) is 5. The topological polar surface area (TPSA) is 79.6 Å². The van der Waals surface area contributed by atoms with Crippen LogP contribution in [-0.4, -0.2) is 53.3 Å². The van der Waals surface area contributed by atoms with E-state index < -0.39 is 11.7 Å². The minimum Gasteiger partial charge on any atom is -0.496 e. The molecule has 2 aromatic rings. The number of likely N-dealkylation sites (tertiary alicyclic amines) is 1. The van der Waals surface area contributed by atoms with Crippen LogP contribution < -0.4 is 14.6 Å². The van der Waals surface area contributed by atoms with Gasteiger partial charge in [-0.05, 0) is 37.0 Å². The maximum Gasteiger partial charge on any atom is 0.417 e. The Morgan fingerprint density at radius 2 is 1.94 bits per heavy atom. The minimum atomic E-state index is -4.47. The number of amides is 1. The van der Waals surface area contributed by atoms with Crippen LogP contribution in [0.25, 0.3) is 0 Å². The molecular formula is C22H18F3N5O3. The molecule has 3 heterocycles. The lowest BCUT2D eigenvalue weighted by Crippen LogP contribution is -2.47. The second kappa shape index (κ2) is 7.95. The summed E-state index contributed by atoms with van der Waals surface area (Å²) in [4.78, 5) is 19.2. The average molecular weight is 457 g/mol. The molecule has 3 atom stereocenters. The number of aromatic nitrogens is 1. The second-order valence-corrected chi connectivity index (χ2v) is 7.97. The van der Waals surface area contributed by atoms with Gasteiger partial charge in [0.2, 0.25) is 5.88 Å². The summed E-state index contributed by atoms with van der Waals surface area (Å²) in [5, 5.41) is 9.17. The molecule has 8 nitrogen and oxygen atoms in total. The van der Waals surface area contributed by atoms with Crippen molar-refractivity contribution < 1.29 is 27.4 Å². The number of carbonyl (C=O) groups is 1. The van der Waals surface area contributed by atoms with Gasteiger partial charge in [-0.3, -0.25) is 4.79 Å². The number of anilines is 1. The Labute approximate surface area is 186 Å². The number of hydrogen-bond donors (Lipinski definition) is 0. The molecule has 2 bridgehead atoms. The van der Waals surface area contributed by atoms with Crippen LogP contribution in [0.3, 0.4) is 0 Å². The van der Waals surface area contributed by atoms with Crippen molar-refractivity contribution in [3.8, 4) is 11.6 Å². The molecule has 1 aromatic heterocycles. The number of hydrogen-bond acceptors (Lipinski definition) is 7. The van der Waals surface area contributed by atoms with Crippen molar-refractivity contribution in [3.63, 3.8) is 0 Å². The van der Waals surface area contributed by atoms with Crippen molar-refractivity contribution in [2.75, 3.05) is 18.8 Å². The molecule has 0 radical (unpaired) electrons. The molecule has 3 aliphatic rings. The van der Waals surface area contributed by atoms with Crippen LogP contribution in [0.15, 0.2) is 46.7 Å². The summed E-state index contributed by atoms with van der Waals surface area (Å²) >= 11 is 0. The number of methoxy groups -OCH3 is 1. The van der Waals surface area contributed by atoms with Crippen molar-refractivity contribution in [2.45, 2.75) is 31.2 Å². The number of rotatable bonds is 5. The lowest BCUT2D eigenvalue weighted by molar-refractivity contribution is -0.137. The molecule has 1 aromatic carbocycles. The summed E-state index contributed by atoms with van der Waals surface area (Å²) in [5.74, 6) is 5.41. The third-order valence-electron chi connectivity index (χ3n) is 6.01. The van der Waals surface area contributed by atoms with E-state index in [9.17, 15) is 18.0 Å². The quantitative estimate of drug-likeness (QED) is 0.688. The number of benzene rings is 1. The molecule has 0 N–H and O–H groups in total. The number of ether oxygens (including phenoxy) is 2. The summed E-state index contributed by atoms with van der Waals surface area (Å²) in [6, 6.07) is 7.01. The fourth-order valence-corrected chi connectivity index (χ4v) is 4.58. The van der Waals surface area contributed by atoms with Gasteiger partial charge in [0.05, 0.1) is 30.5 Å². The second-order valence-electron chi connectivity index (χ2n) is 7.97. The monoisotopic (exact) mass is 457 g/mol. The Morgan fingerprint density at radius 1 is 1.15 bits per heavy atom. The highest BCUT2D eigenvalue weighted by Crippen LogP contribution is 2.42. The number of fused-ring (bicyclic) bond motifs is 2. The average Bonchev–Trinajstić information content (AvgIpc) is 3.55. The minimum absolute atomic E-state index is 0.0951. The Morgan fingerprint density at radius 3 is 2.58 bits per heavy atom. The molecule has 1 amide bonds. The highest BCUT2D eigenvalue weighted by atomic mass is 19.4. The maximum absolute atomic E-state index is 13.6. The summed E-state index contributed by atoms with van der Waals surface area (Å²) in [6.07, 6.45) is -2.66. The van der Waals surface area contributed by atoms with E-state index in [1.807, 2.05) is 0 Å². The van der Waals surface area contributed by atoms with Crippen molar-refractivity contribution in [1.29, 1.82) is 0 Å². The van der Waals surface area contributed by atoms with Gasteiger partial charge in [-0.25, -0.2) is 4.98 Å². The van der Waals surface area contributed by atoms with Gasteiger partial charge >= 0.3 is 6.18 Å². The number of piperidine rings is 1. The fraction of sp³-hybridized carbons (Fsp3) is 0.364. The first-order valence-corrected chi connectivity index (χ1v) is 10.2. The molecule has 2 fully saturated rings. The first kappa shape index (κ1) is 21.1. The lowest BCUT2D eigenvalue weighted by atomic mass is 10.0. The Kier molecular flexibility index (Phi) is 5.08. The van der Waals surface area contributed by atoms with Gasteiger partial charge in [-0.15, -0.1) is 5.12 Å². The highest BCUT2D eigenvalue weighted by molar-refractivity contribution is 6.03. The first-order chi connectivity index (χ1) is 15.8. The molecular weight excluding hydrogens is 439 g/mol. The van der Waals surface area contributed by atoms with E-state index in [-0.39, 0.29) is 29.9 Å². The third-order valence-corrected chi connectivity index (χ3v) is 6.01. The largest absolute Gasteiger partial charge is 0.496 e. The van der Waals surface area contributed by atoms with Gasteiger partial charge in [0, 0.05) is 18.8 Å². The lowest BCUT2D eigenvalue weighted by Gasteiger charge is -2.34. The van der Waals surface area contributed by atoms with Crippen LogP contribution in [0, 0.1) is 5.92 Å². The standard InChI is InChI=1S/C22H18F3N5O3/c1-32-17-4-2-3-15(30-27-7-8-28-30)20(17)21(31)29-12-13-9-16(29)18(10-13)33-19-6-5-14(11-26-19)22(23,24)25/h2-6,11,13,16,18H,9-10,12H2,1H3. The highest BCUT2D eigenvalue weighted by Gasteiger charge is 2.49. The van der Waals surface area contributed by atoms with Gasteiger partial charge in [-0.1, -0.05) is 16.3 Å². The number of alkyl halides is 3. The van der Waals surface area contributed by atoms with Crippen molar-refractivity contribution in [1.82, 2.24) is 9.88 Å². The predicted molar refractivity (Wildman–Crippen MR) is 112 cm³/mol. The van der Waals surface area contributed by atoms with E-state index in [1.54, 1.807) is 23.1 Å². The molecule has 2 aliphatic heterocycles. The van der Waals surface area contributed by atoms with Crippen LogP contribution in [0.2, 0.25) is 0 Å². The number of pyridine rings is 1. The van der Waals surface area contributed by atoms with Gasteiger partial charge in [0.15, 0.2) is 0 Å². The summed E-state index contributed by atoms with van der Waals surface area (Å²) in [7, 11) is 1.48. The zero-order valence-corrected chi connectivity index (χ0v) is 17.4. The van der Waals surface area contributed by atoms with E-state index >= 15 is 0 Å². The first-order valence-electron chi connectivity index (χ1n) is 10.2. The number of carbonyl (C=O) groups excluding carboxylic acids is 1. The van der Waals surface area contributed by atoms with Gasteiger partial charge in [-0.2, -0.15) is 13.2 Å². The summed E-state index contributed by atoms with van der Waals surface area (Å²) in [5.41, 5.74) is -0.108. The van der Waals surface area contributed by atoms with Gasteiger partial charge in [0.1, 0.15) is 23.1 Å². The van der Waals surface area contributed by atoms with Crippen LogP contribution in [0.5, 0.6) is 11.6 Å². The third kappa shape index (κ3) is 3.82. The number of halogens is 3. The van der Waals surface area contributed by atoms with E-state index in [0.717, 1.165) is 18.7 Å². The molecule has 0 spiro atoms. The maximum atomic E-state index is 13.6. The fourth-order valence-electron chi connectivity index (χ4n) is 4.58. The predicted octanol–water partition coefficient (Wildman–Crippen LogP) is 3.34. The zero-order valence-electron chi connectivity index (χ0n) is 17.4. The smallest absolute Gasteiger partial charge is 0.417 e. The Hall–Kier alpha value is -3.81. The van der Waals surface area contributed by atoms with Crippen LogP contribution in [0.1, 0.15) is 28.8 Å². The molecule has 1 saturated heterocycles. The number of hydrazone groups is 2. The Bertz CT molecular complexity index is 1170. The van der Waals surface area contributed by atoms with Crippen molar-refractivity contribution in [3.05, 3.63) is 47.7 Å². The van der Waals surface area contributed by atoms with Gasteiger partial charge in [0.25, 0.3) is 5.91 Å². The van der Waals surface area contributed by atoms with E-state index in [4.69, 9.17) is 9.47 Å². The van der Waals surface area contributed by atoms with Crippen molar-refractivity contribution in [2.24, 2.45) is 16.1 Å². The van der Waals surface area contributed by atoms with E-state index in [2.05, 4.69) is 26.9 Å². The molecule has 1 aliphatic carbocycles. The molecule has 11 heteroatoms. The van der Waals surface area contributed by atoms with E-state index in [1.165, 1.54) is 18.3 Å². The summed E-state index contributed by atoms with van der Waals surface area (Å²) in [6.45, 7) is 0.548. The molecule has 1 saturated carbocycles. The van der Waals surface area contributed by atoms with Crippen molar-refractivity contribution >= 4 is 23.3 Å². The molecule has 5 rings (SSSR count). The van der Waals surface area contributed by atoms with Crippen LogP contribution in [0.4, 0.5) is 18.9 Å². The summed E-state index contributed by atoms with van der Waals surface area (Å²) < 4.78 is 49.7. The van der Waals surface area contributed by atoms with Gasteiger partial charge < -0.3 is 14.4 Å². The van der Waals surface area contributed by atoms with E-state index in [0.29, 0.717) is 30.0 Å². The zero-order chi connectivity index (χ0) is 23.2. The van der Waals surface area contributed by atoms with Crippen LogP contribution >= 0.6 is 0 Å². The molecule has 170 valence electrons. The SMILES string of the molecule is COc1cccc(N2N=C=C=N2)c1C(=O)N1CC2CC(Oc3ccc(C(F)(F)F)cn3)C1C2.